The molecule has 0 spiro atoms. The van der Waals surface area contributed by atoms with Crippen LogP contribution in [-0.4, -0.2) is 29.9 Å². The predicted octanol–water partition coefficient (Wildman–Crippen LogP) is 3.63. The number of hydrogen-bond donors (Lipinski definition) is 2. The highest BCUT2D eigenvalue weighted by Crippen LogP contribution is 2.32. The molecule has 0 radical (unpaired) electrons. The van der Waals surface area contributed by atoms with Crippen molar-refractivity contribution in [3.05, 3.63) is 64.4 Å². The maximum atomic E-state index is 11.3. The third kappa shape index (κ3) is 4.67. The molecule has 4 aromatic rings. The monoisotopic (exact) mass is 443 g/mol. The van der Waals surface area contributed by atoms with Crippen LogP contribution in [0.4, 0.5) is 5.95 Å². The molecule has 0 saturated heterocycles. The maximum absolute atomic E-state index is 11.3. The van der Waals surface area contributed by atoms with E-state index in [1.54, 1.807) is 29.7 Å². The summed E-state index contributed by atoms with van der Waals surface area (Å²) in [5, 5.41) is 15.2. The van der Waals surface area contributed by atoms with Crippen molar-refractivity contribution >= 4 is 38.6 Å². The third-order valence-electron chi connectivity index (χ3n) is 4.20. The van der Waals surface area contributed by atoms with Crippen molar-refractivity contribution in [1.29, 1.82) is 0 Å². The number of nitrogens with zero attached hydrogens (tertiary/aromatic N) is 3. The summed E-state index contributed by atoms with van der Waals surface area (Å²) in [4.78, 5) is 13.6. The highest BCUT2D eigenvalue weighted by atomic mass is 32.2. The summed E-state index contributed by atoms with van der Waals surface area (Å²) in [6.07, 6.45) is 4.26. The highest BCUT2D eigenvalue weighted by Gasteiger charge is 2.14. The number of thiophene rings is 1. The molecule has 10 heteroatoms. The van der Waals surface area contributed by atoms with E-state index in [-0.39, 0.29) is 4.90 Å². The highest BCUT2D eigenvalue weighted by molar-refractivity contribution is 7.89. The zero-order valence-corrected chi connectivity index (χ0v) is 17.6. The smallest absolute Gasteiger partial charge is 0.238 e. The molecule has 0 aliphatic carbocycles. The summed E-state index contributed by atoms with van der Waals surface area (Å²) < 4.78 is 22.7. The van der Waals surface area contributed by atoms with Crippen LogP contribution in [0.3, 0.4) is 0 Å². The topological polar surface area (TPSA) is 111 Å². The normalized spacial score (nSPS) is 11.5. The fourth-order valence-corrected chi connectivity index (χ4v) is 4.57. The summed E-state index contributed by atoms with van der Waals surface area (Å²) in [6, 6.07) is 8.57. The van der Waals surface area contributed by atoms with E-state index in [1.165, 1.54) is 23.5 Å². The summed E-state index contributed by atoms with van der Waals surface area (Å²) in [6.45, 7) is 0.601. The largest absolute Gasteiger partial charge is 0.354 e. The van der Waals surface area contributed by atoms with Crippen LogP contribution in [0.15, 0.2) is 63.8 Å². The van der Waals surface area contributed by atoms with E-state index >= 15 is 0 Å². The molecule has 0 amide bonds. The number of nitrogens with two attached hydrogens (primary N) is 1. The number of thiazole rings is 1. The first-order valence-corrected chi connectivity index (χ1v) is 12.0. The minimum Gasteiger partial charge on any atom is -0.354 e. The van der Waals surface area contributed by atoms with Gasteiger partial charge in [-0.05, 0) is 46.5 Å². The molecule has 0 unspecified atom stereocenters. The molecule has 0 saturated carbocycles. The number of hydrogen-bond acceptors (Lipinski definition) is 8. The lowest BCUT2D eigenvalue weighted by atomic mass is 10.1. The van der Waals surface area contributed by atoms with Gasteiger partial charge in [-0.2, -0.15) is 11.3 Å². The number of rotatable bonds is 7. The summed E-state index contributed by atoms with van der Waals surface area (Å²) in [7, 11) is -3.67. The Labute approximate surface area is 176 Å². The van der Waals surface area contributed by atoms with Gasteiger partial charge in [-0.1, -0.05) is 12.1 Å². The van der Waals surface area contributed by atoms with Crippen LogP contribution < -0.4 is 10.5 Å². The second kappa shape index (κ2) is 8.37. The molecule has 0 bridgehead atoms. The van der Waals surface area contributed by atoms with Crippen molar-refractivity contribution in [2.75, 3.05) is 11.9 Å². The second-order valence-electron chi connectivity index (χ2n) is 6.17. The van der Waals surface area contributed by atoms with Gasteiger partial charge >= 0.3 is 0 Å². The fraction of sp³-hybridized carbons (Fsp3) is 0.105. The number of anilines is 1. The second-order valence-corrected chi connectivity index (χ2v) is 9.41. The van der Waals surface area contributed by atoms with Crippen molar-refractivity contribution < 1.29 is 8.42 Å². The third-order valence-corrected chi connectivity index (χ3v) is 6.60. The van der Waals surface area contributed by atoms with Crippen molar-refractivity contribution in [1.82, 2.24) is 15.0 Å². The Hall–Kier alpha value is -2.66. The van der Waals surface area contributed by atoms with Crippen LogP contribution in [0.1, 0.15) is 5.56 Å². The van der Waals surface area contributed by atoms with E-state index in [0.717, 1.165) is 27.4 Å². The van der Waals surface area contributed by atoms with Gasteiger partial charge in [0.1, 0.15) is 10.7 Å². The Morgan fingerprint density at radius 2 is 1.90 bits per heavy atom. The lowest BCUT2D eigenvalue weighted by Crippen LogP contribution is -2.12. The van der Waals surface area contributed by atoms with Gasteiger partial charge in [-0.3, -0.25) is 0 Å². The first-order chi connectivity index (χ1) is 14.0. The summed E-state index contributed by atoms with van der Waals surface area (Å²) in [5.74, 6) is 0.523. The number of primary sulfonamides is 1. The molecule has 0 fully saturated rings. The first-order valence-electron chi connectivity index (χ1n) is 8.66. The van der Waals surface area contributed by atoms with Gasteiger partial charge in [-0.15, -0.1) is 11.3 Å². The van der Waals surface area contributed by atoms with Gasteiger partial charge in [0, 0.05) is 29.9 Å². The van der Waals surface area contributed by atoms with Crippen LogP contribution in [-0.2, 0) is 16.4 Å². The molecule has 3 N–H and O–H groups in total. The van der Waals surface area contributed by atoms with E-state index in [2.05, 4.69) is 25.6 Å². The molecule has 3 aromatic heterocycles. The van der Waals surface area contributed by atoms with Crippen LogP contribution >= 0.6 is 22.7 Å². The number of aromatic nitrogens is 3. The molecule has 4 rings (SSSR count). The van der Waals surface area contributed by atoms with E-state index in [1.807, 2.05) is 23.0 Å². The molecular weight excluding hydrogens is 426 g/mol. The van der Waals surface area contributed by atoms with Gasteiger partial charge in [0.15, 0.2) is 0 Å². The quantitative estimate of drug-likeness (QED) is 0.451. The molecule has 3 heterocycles. The zero-order chi connectivity index (χ0) is 20.3. The van der Waals surface area contributed by atoms with Gasteiger partial charge < -0.3 is 5.32 Å². The lowest BCUT2D eigenvalue weighted by molar-refractivity contribution is 0.598. The van der Waals surface area contributed by atoms with Crippen LogP contribution in [0.2, 0.25) is 0 Å². The lowest BCUT2D eigenvalue weighted by Gasteiger charge is -2.09. The van der Waals surface area contributed by atoms with Gasteiger partial charge in [-0.25, -0.2) is 28.5 Å². The van der Waals surface area contributed by atoms with E-state index < -0.39 is 10.0 Å². The Balaban J connectivity index is 1.49. The summed E-state index contributed by atoms with van der Waals surface area (Å²) >= 11 is 3.16. The molecule has 7 nitrogen and oxygen atoms in total. The minimum atomic E-state index is -3.67. The molecule has 0 aliphatic rings. The Bertz CT molecular complexity index is 1190. The van der Waals surface area contributed by atoms with Crippen LogP contribution in [0.5, 0.6) is 0 Å². The molecule has 1 aromatic carbocycles. The number of benzene rings is 1. The van der Waals surface area contributed by atoms with Gasteiger partial charge in [0.05, 0.1) is 4.90 Å². The summed E-state index contributed by atoms with van der Waals surface area (Å²) in [5.41, 5.74) is 3.81. The van der Waals surface area contributed by atoms with Gasteiger partial charge in [0.25, 0.3) is 0 Å². The maximum Gasteiger partial charge on any atom is 0.238 e. The fourth-order valence-electron chi connectivity index (χ4n) is 2.76. The Morgan fingerprint density at radius 1 is 1.07 bits per heavy atom. The Kier molecular flexibility index (Phi) is 5.67. The average molecular weight is 444 g/mol. The molecular formula is C19H17N5O2S3. The van der Waals surface area contributed by atoms with Crippen molar-refractivity contribution in [3.8, 4) is 21.8 Å². The standard InChI is InChI=1S/C19H17N5O2S3/c20-29(25,26)15-3-1-13(2-4-15)5-7-22-19-23-11-16(14-6-9-27-12-14)17(24-19)18-21-8-10-28-18/h1-4,6,8-12H,5,7H2,(H2,20,25,26)(H,22,23,24). The number of sulfonamides is 1. The van der Waals surface area contributed by atoms with Crippen molar-refractivity contribution in [3.63, 3.8) is 0 Å². The Morgan fingerprint density at radius 3 is 2.55 bits per heavy atom. The molecule has 0 aliphatic heterocycles. The molecule has 29 heavy (non-hydrogen) atoms. The average Bonchev–Trinajstić information content (AvgIpc) is 3.42. The number of nitrogens with one attached hydrogen (secondary N) is 1. The predicted molar refractivity (Wildman–Crippen MR) is 116 cm³/mol. The van der Waals surface area contributed by atoms with E-state index in [0.29, 0.717) is 18.9 Å². The minimum absolute atomic E-state index is 0.106. The zero-order valence-electron chi connectivity index (χ0n) is 15.1. The van der Waals surface area contributed by atoms with Crippen LogP contribution in [0.25, 0.3) is 21.8 Å². The van der Waals surface area contributed by atoms with E-state index in [9.17, 15) is 8.42 Å². The van der Waals surface area contributed by atoms with Crippen LogP contribution in [0, 0.1) is 0 Å². The first kappa shape index (κ1) is 19.6. The molecule has 0 atom stereocenters. The SMILES string of the molecule is NS(=O)(=O)c1ccc(CCNc2ncc(-c3ccsc3)c(-c3nccs3)n2)cc1. The van der Waals surface area contributed by atoms with Gasteiger partial charge in [0.2, 0.25) is 16.0 Å². The van der Waals surface area contributed by atoms with Crippen molar-refractivity contribution in [2.45, 2.75) is 11.3 Å². The van der Waals surface area contributed by atoms with Crippen molar-refractivity contribution in [2.24, 2.45) is 5.14 Å². The molecule has 148 valence electrons. The van der Waals surface area contributed by atoms with E-state index in [4.69, 9.17) is 5.14 Å².